The van der Waals surface area contributed by atoms with Gasteiger partial charge in [0, 0.05) is 3.57 Å². The smallest absolute Gasteiger partial charge is 0.407 e. The summed E-state index contributed by atoms with van der Waals surface area (Å²) < 4.78 is 12.0. The number of rotatable bonds is 4. The minimum Gasteiger partial charge on any atom is -0.489 e. The Bertz CT molecular complexity index is 429. The third-order valence-corrected chi connectivity index (χ3v) is 2.74. The van der Waals surface area contributed by atoms with Crippen LogP contribution in [0.2, 0.25) is 0 Å². The summed E-state index contributed by atoms with van der Waals surface area (Å²) >= 11 is 2.23. The summed E-state index contributed by atoms with van der Waals surface area (Å²) in [6.07, 6.45) is -0.545. The van der Waals surface area contributed by atoms with Crippen molar-refractivity contribution in [2.24, 2.45) is 0 Å². The molecule has 0 aliphatic carbocycles. The SMILES string of the molecule is C[C@H](CNC(=O)OC(C)(C)C)Oc1cccc(I)c1. The number of alkyl carbamates (subject to hydrolysis) is 1. The molecular weight excluding hydrogens is 357 g/mol. The van der Waals surface area contributed by atoms with E-state index in [1.165, 1.54) is 0 Å². The summed E-state index contributed by atoms with van der Waals surface area (Å²) in [5.74, 6) is 0.797. The number of carbonyl (C=O) groups is 1. The summed E-state index contributed by atoms with van der Waals surface area (Å²) in [7, 11) is 0. The lowest BCUT2D eigenvalue weighted by molar-refractivity contribution is 0.0505. The van der Waals surface area contributed by atoms with E-state index in [1.54, 1.807) is 0 Å². The minimum atomic E-state index is -0.482. The fraction of sp³-hybridized carbons (Fsp3) is 0.500. The summed E-state index contributed by atoms with van der Waals surface area (Å²) in [5.41, 5.74) is -0.482. The van der Waals surface area contributed by atoms with E-state index in [0.717, 1.165) is 9.32 Å². The Morgan fingerprint density at radius 2 is 2.11 bits per heavy atom. The highest BCUT2D eigenvalue weighted by Gasteiger charge is 2.16. The maximum absolute atomic E-state index is 11.5. The molecule has 1 atom stereocenters. The van der Waals surface area contributed by atoms with E-state index < -0.39 is 11.7 Å². The first-order valence-electron chi connectivity index (χ1n) is 6.15. The molecular formula is C14H20INO3. The van der Waals surface area contributed by atoms with Gasteiger partial charge in [-0.2, -0.15) is 0 Å². The summed E-state index contributed by atoms with van der Waals surface area (Å²) in [6, 6.07) is 7.78. The molecule has 0 fully saturated rings. The highest BCUT2D eigenvalue weighted by molar-refractivity contribution is 14.1. The van der Waals surface area contributed by atoms with E-state index in [4.69, 9.17) is 9.47 Å². The van der Waals surface area contributed by atoms with Crippen LogP contribution in [0.25, 0.3) is 0 Å². The quantitative estimate of drug-likeness (QED) is 0.816. The van der Waals surface area contributed by atoms with E-state index in [9.17, 15) is 4.79 Å². The van der Waals surface area contributed by atoms with Gasteiger partial charge in [0.25, 0.3) is 0 Å². The summed E-state index contributed by atoms with van der Waals surface area (Å²) in [4.78, 5) is 11.5. The molecule has 0 unspecified atom stereocenters. The Morgan fingerprint density at radius 3 is 2.68 bits per heavy atom. The highest BCUT2D eigenvalue weighted by atomic mass is 127. The minimum absolute atomic E-state index is 0.120. The lowest BCUT2D eigenvalue weighted by Crippen LogP contribution is -2.37. The topological polar surface area (TPSA) is 47.6 Å². The van der Waals surface area contributed by atoms with E-state index in [-0.39, 0.29) is 6.10 Å². The molecule has 0 aliphatic rings. The normalized spacial score (nSPS) is 12.7. The second-order valence-corrected chi connectivity index (χ2v) is 6.51. The van der Waals surface area contributed by atoms with Crippen molar-refractivity contribution >= 4 is 28.7 Å². The molecule has 0 saturated carbocycles. The average molecular weight is 377 g/mol. The Kier molecular flexibility index (Phi) is 5.90. The van der Waals surface area contributed by atoms with Crippen molar-refractivity contribution in [1.29, 1.82) is 0 Å². The molecule has 5 heteroatoms. The first-order chi connectivity index (χ1) is 8.76. The van der Waals surface area contributed by atoms with Gasteiger partial charge < -0.3 is 14.8 Å². The molecule has 0 aromatic heterocycles. The maximum atomic E-state index is 11.5. The van der Waals surface area contributed by atoms with Gasteiger partial charge in [0.2, 0.25) is 0 Å². The second kappa shape index (κ2) is 6.98. The Balaban J connectivity index is 2.36. The molecule has 0 aliphatic heterocycles. The number of ether oxygens (including phenoxy) is 2. The summed E-state index contributed by atoms with van der Waals surface area (Å²) in [5, 5.41) is 2.69. The van der Waals surface area contributed by atoms with Crippen molar-refractivity contribution in [3.63, 3.8) is 0 Å². The first-order valence-corrected chi connectivity index (χ1v) is 7.23. The molecule has 0 spiro atoms. The van der Waals surface area contributed by atoms with Crippen molar-refractivity contribution in [3.05, 3.63) is 27.8 Å². The molecule has 1 aromatic carbocycles. The second-order valence-electron chi connectivity index (χ2n) is 5.27. The van der Waals surface area contributed by atoms with Crippen LogP contribution in [-0.2, 0) is 4.74 Å². The zero-order valence-corrected chi connectivity index (χ0v) is 13.9. The predicted octanol–water partition coefficient (Wildman–Crippen LogP) is 3.58. The van der Waals surface area contributed by atoms with Crippen LogP contribution in [0, 0.1) is 3.57 Å². The van der Waals surface area contributed by atoms with Crippen LogP contribution in [-0.4, -0.2) is 24.3 Å². The fourth-order valence-corrected chi connectivity index (χ4v) is 1.87. The number of hydrogen-bond acceptors (Lipinski definition) is 3. The standard InChI is InChI=1S/C14H20INO3/c1-10(9-16-13(17)19-14(2,3)4)18-12-7-5-6-11(15)8-12/h5-8,10H,9H2,1-4H3,(H,16,17)/t10-/m1/s1. The molecule has 1 amide bonds. The van der Waals surface area contributed by atoms with Gasteiger partial charge in [-0.3, -0.25) is 0 Å². The predicted molar refractivity (Wildman–Crippen MR) is 83.5 cm³/mol. The Labute approximate surface area is 128 Å². The molecule has 1 aromatic rings. The molecule has 19 heavy (non-hydrogen) atoms. The highest BCUT2D eigenvalue weighted by Crippen LogP contribution is 2.16. The number of benzene rings is 1. The van der Waals surface area contributed by atoms with Gasteiger partial charge >= 0.3 is 6.09 Å². The average Bonchev–Trinajstić information content (AvgIpc) is 2.24. The number of nitrogens with one attached hydrogen (secondary N) is 1. The fourth-order valence-electron chi connectivity index (χ4n) is 1.36. The van der Waals surface area contributed by atoms with Crippen LogP contribution in [0.4, 0.5) is 4.79 Å². The lowest BCUT2D eigenvalue weighted by atomic mass is 10.2. The molecule has 0 heterocycles. The van der Waals surface area contributed by atoms with Gasteiger partial charge in [0.05, 0.1) is 6.54 Å². The number of amides is 1. The number of hydrogen-bond donors (Lipinski definition) is 1. The maximum Gasteiger partial charge on any atom is 0.407 e. The zero-order chi connectivity index (χ0) is 14.5. The van der Waals surface area contributed by atoms with Crippen LogP contribution < -0.4 is 10.1 Å². The van der Waals surface area contributed by atoms with Gasteiger partial charge in [0.1, 0.15) is 17.5 Å². The third kappa shape index (κ3) is 7.25. The van der Waals surface area contributed by atoms with Gasteiger partial charge in [-0.25, -0.2) is 4.79 Å². The van der Waals surface area contributed by atoms with Gasteiger partial charge in [-0.15, -0.1) is 0 Å². The summed E-state index contributed by atoms with van der Waals surface area (Å²) in [6.45, 7) is 7.80. The van der Waals surface area contributed by atoms with Gasteiger partial charge in [0.15, 0.2) is 0 Å². The van der Waals surface area contributed by atoms with Crippen LogP contribution >= 0.6 is 22.6 Å². The molecule has 1 rings (SSSR count). The van der Waals surface area contributed by atoms with E-state index in [0.29, 0.717) is 6.54 Å². The van der Waals surface area contributed by atoms with Crippen LogP contribution in [0.3, 0.4) is 0 Å². The van der Waals surface area contributed by atoms with Crippen LogP contribution in [0.15, 0.2) is 24.3 Å². The van der Waals surface area contributed by atoms with Crippen LogP contribution in [0.5, 0.6) is 5.75 Å². The third-order valence-electron chi connectivity index (χ3n) is 2.07. The molecule has 1 N–H and O–H groups in total. The first kappa shape index (κ1) is 16.1. The van der Waals surface area contributed by atoms with Gasteiger partial charge in [-0.05, 0) is 68.5 Å². The van der Waals surface area contributed by atoms with E-state index in [1.807, 2.05) is 52.0 Å². The zero-order valence-electron chi connectivity index (χ0n) is 11.7. The largest absolute Gasteiger partial charge is 0.489 e. The number of halogens is 1. The molecule has 4 nitrogen and oxygen atoms in total. The van der Waals surface area contributed by atoms with E-state index >= 15 is 0 Å². The monoisotopic (exact) mass is 377 g/mol. The Hall–Kier alpha value is -0.980. The molecule has 0 saturated heterocycles. The molecule has 0 radical (unpaired) electrons. The number of carbonyl (C=O) groups excluding carboxylic acids is 1. The van der Waals surface area contributed by atoms with E-state index in [2.05, 4.69) is 27.9 Å². The molecule has 0 bridgehead atoms. The lowest BCUT2D eigenvalue weighted by Gasteiger charge is -2.21. The van der Waals surface area contributed by atoms with Crippen molar-refractivity contribution in [2.75, 3.05) is 6.54 Å². The van der Waals surface area contributed by atoms with Crippen LogP contribution in [0.1, 0.15) is 27.7 Å². The molecule has 106 valence electrons. The Morgan fingerprint density at radius 1 is 1.42 bits per heavy atom. The van der Waals surface area contributed by atoms with Crippen molar-refractivity contribution < 1.29 is 14.3 Å². The van der Waals surface area contributed by atoms with Gasteiger partial charge in [-0.1, -0.05) is 6.07 Å². The van der Waals surface area contributed by atoms with Crippen molar-refractivity contribution in [2.45, 2.75) is 39.4 Å². The van der Waals surface area contributed by atoms with Crippen molar-refractivity contribution in [1.82, 2.24) is 5.32 Å². The van der Waals surface area contributed by atoms with Crippen molar-refractivity contribution in [3.8, 4) is 5.75 Å².